The molecular formula is C15H22O3. The summed E-state index contributed by atoms with van der Waals surface area (Å²) < 4.78 is 4.68. The fraction of sp³-hybridized carbons (Fsp3) is 0.733. The summed E-state index contributed by atoms with van der Waals surface area (Å²) in [5.74, 6) is 1.10. The van der Waals surface area contributed by atoms with Crippen LogP contribution in [0.15, 0.2) is 11.6 Å². The first-order chi connectivity index (χ1) is 8.69. The summed E-state index contributed by atoms with van der Waals surface area (Å²) in [7, 11) is 1.39. The highest BCUT2D eigenvalue weighted by atomic mass is 16.5. The second-order valence-electron chi connectivity index (χ2n) is 5.59. The topological polar surface area (TPSA) is 43.4 Å². The van der Waals surface area contributed by atoms with Crippen molar-refractivity contribution in [3.63, 3.8) is 0 Å². The monoisotopic (exact) mass is 250 g/mol. The normalized spacial score (nSPS) is 25.7. The zero-order chi connectivity index (χ0) is 13.0. The molecule has 2 rings (SSSR count). The quantitative estimate of drug-likeness (QED) is 0.723. The molecule has 3 heteroatoms. The molecule has 0 aromatic heterocycles. The number of hydrogen-bond acceptors (Lipinski definition) is 3. The van der Waals surface area contributed by atoms with Gasteiger partial charge in [0.05, 0.1) is 13.5 Å². The van der Waals surface area contributed by atoms with E-state index in [-0.39, 0.29) is 18.2 Å². The van der Waals surface area contributed by atoms with Crippen LogP contribution in [-0.2, 0) is 14.3 Å². The molecule has 0 amide bonds. The molecular weight excluding hydrogens is 228 g/mol. The van der Waals surface area contributed by atoms with E-state index in [1.807, 2.05) is 0 Å². The summed E-state index contributed by atoms with van der Waals surface area (Å²) >= 11 is 0. The molecule has 0 aliphatic heterocycles. The Hall–Kier alpha value is -1.12. The first kappa shape index (κ1) is 13.3. The molecule has 1 fully saturated rings. The van der Waals surface area contributed by atoms with E-state index in [1.54, 1.807) is 6.08 Å². The van der Waals surface area contributed by atoms with Crippen LogP contribution >= 0.6 is 0 Å². The predicted molar refractivity (Wildman–Crippen MR) is 69.0 cm³/mol. The predicted octanol–water partition coefficient (Wildman–Crippen LogP) is 3.04. The lowest BCUT2D eigenvalue weighted by Gasteiger charge is -2.32. The van der Waals surface area contributed by atoms with E-state index in [2.05, 4.69) is 4.74 Å². The van der Waals surface area contributed by atoms with E-state index in [9.17, 15) is 9.59 Å². The third kappa shape index (κ3) is 3.44. The van der Waals surface area contributed by atoms with E-state index in [0.717, 1.165) is 12.0 Å². The lowest BCUT2D eigenvalue weighted by atomic mass is 9.73. The molecule has 3 nitrogen and oxygen atoms in total. The Morgan fingerprint density at radius 2 is 1.94 bits per heavy atom. The molecule has 0 saturated heterocycles. The minimum Gasteiger partial charge on any atom is -0.469 e. The standard InChI is InChI=1S/C15H22O3/c1-18-15(17)9-11-7-13(10-14(16)8-11)12-5-3-2-4-6-12/h8,12-13H,2-7,9-10H2,1H3/t13-/m1/s1. The van der Waals surface area contributed by atoms with Crippen LogP contribution in [0.3, 0.4) is 0 Å². The summed E-state index contributed by atoms with van der Waals surface area (Å²) in [5, 5.41) is 0. The van der Waals surface area contributed by atoms with Gasteiger partial charge < -0.3 is 4.74 Å². The number of esters is 1. The summed E-state index contributed by atoms with van der Waals surface area (Å²) in [6.07, 6.45) is 9.97. The number of rotatable bonds is 3. The highest BCUT2D eigenvalue weighted by molar-refractivity contribution is 5.92. The van der Waals surface area contributed by atoms with Crippen molar-refractivity contribution in [2.45, 2.75) is 51.4 Å². The SMILES string of the molecule is COC(=O)CC1=CC(=O)C[C@H](C2CCCCC2)C1. The maximum absolute atomic E-state index is 11.8. The van der Waals surface area contributed by atoms with E-state index in [4.69, 9.17) is 0 Å². The Labute approximate surface area is 109 Å². The molecule has 2 aliphatic carbocycles. The van der Waals surface area contributed by atoms with Gasteiger partial charge in [-0.2, -0.15) is 0 Å². The van der Waals surface area contributed by atoms with Gasteiger partial charge in [0.15, 0.2) is 5.78 Å². The number of ketones is 1. The van der Waals surface area contributed by atoms with Crippen LogP contribution in [0.1, 0.15) is 51.4 Å². The maximum atomic E-state index is 11.8. The lowest BCUT2D eigenvalue weighted by Crippen LogP contribution is -2.24. The summed E-state index contributed by atoms with van der Waals surface area (Å²) in [5.41, 5.74) is 0.966. The van der Waals surface area contributed by atoms with Gasteiger partial charge in [-0.3, -0.25) is 9.59 Å². The average Bonchev–Trinajstić information content (AvgIpc) is 2.39. The highest BCUT2D eigenvalue weighted by Gasteiger charge is 2.29. The summed E-state index contributed by atoms with van der Waals surface area (Å²) in [6, 6.07) is 0. The van der Waals surface area contributed by atoms with Crippen LogP contribution in [0.4, 0.5) is 0 Å². The van der Waals surface area contributed by atoms with E-state index in [1.165, 1.54) is 39.2 Å². The molecule has 0 heterocycles. The third-order valence-electron chi connectivity index (χ3n) is 4.27. The number of carbonyl (C=O) groups excluding carboxylic acids is 2. The maximum Gasteiger partial charge on any atom is 0.309 e. The van der Waals surface area contributed by atoms with E-state index >= 15 is 0 Å². The smallest absolute Gasteiger partial charge is 0.309 e. The molecule has 0 bridgehead atoms. The van der Waals surface area contributed by atoms with Gasteiger partial charge in [-0.05, 0) is 24.3 Å². The first-order valence-corrected chi connectivity index (χ1v) is 6.98. The zero-order valence-electron chi connectivity index (χ0n) is 11.1. The number of methoxy groups -OCH3 is 1. The number of ether oxygens (including phenoxy) is 1. The van der Waals surface area contributed by atoms with Crippen molar-refractivity contribution in [1.82, 2.24) is 0 Å². The number of carbonyl (C=O) groups is 2. The van der Waals surface area contributed by atoms with Crippen LogP contribution in [0, 0.1) is 11.8 Å². The van der Waals surface area contributed by atoms with Gasteiger partial charge in [0.25, 0.3) is 0 Å². The largest absolute Gasteiger partial charge is 0.469 e. The molecule has 18 heavy (non-hydrogen) atoms. The number of hydrogen-bond donors (Lipinski definition) is 0. The van der Waals surface area contributed by atoms with E-state index in [0.29, 0.717) is 18.3 Å². The van der Waals surface area contributed by atoms with Crippen molar-refractivity contribution < 1.29 is 14.3 Å². The fourth-order valence-corrected chi connectivity index (χ4v) is 3.33. The van der Waals surface area contributed by atoms with E-state index < -0.39 is 0 Å². The van der Waals surface area contributed by atoms with Crippen LogP contribution in [0.5, 0.6) is 0 Å². The molecule has 1 saturated carbocycles. The minimum absolute atomic E-state index is 0.190. The van der Waals surface area contributed by atoms with Gasteiger partial charge in [-0.1, -0.05) is 37.7 Å². The van der Waals surface area contributed by atoms with Crippen molar-refractivity contribution in [1.29, 1.82) is 0 Å². The van der Waals surface area contributed by atoms with Gasteiger partial charge in [0, 0.05) is 6.42 Å². The van der Waals surface area contributed by atoms with Crippen LogP contribution < -0.4 is 0 Å². The van der Waals surface area contributed by atoms with Crippen molar-refractivity contribution in [3.05, 3.63) is 11.6 Å². The van der Waals surface area contributed by atoms with Crippen LogP contribution in [0.2, 0.25) is 0 Å². The van der Waals surface area contributed by atoms with Gasteiger partial charge in [0.1, 0.15) is 0 Å². The fourth-order valence-electron chi connectivity index (χ4n) is 3.33. The van der Waals surface area contributed by atoms with Gasteiger partial charge >= 0.3 is 5.97 Å². The van der Waals surface area contributed by atoms with Crippen LogP contribution in [0.25, 0.3) is 0 Å². The Kier molecular flexibility index (Phi) is 4.56. The molecule has 2 aliphatic rings. The van der Waals surface area contributed by atoms with Crippen molar-refractivity contribution >= 4 is 11.8 Å². The Morgan fingerprint density at radius 3 is 2.61 bits per heavy atom. The van der Waals surface area contributed by atoms with Crippen molar-refractivity contribution in [2.75, 3.05) is 7.11 Å². The molecule has 0 aromatic rings. The molecule has 0 radical (unpaired) electrons. The molecule has 0 spiro atoms. The van der Waals surface area contributed by atoms with Crippen molar-refractivity contribution in [2.24, 2.45) is 11.8 Å². The highest BCUT2D eigenvalue weighted by Crippen LogP contribution is 2.38. The molecule has 1 atom stereocenters. The summed E-state index contributed by atoms with van der Waals surface area (Å²) in [4.78, 5) is 23.1. The second kappa shape index (κ2) is 6.17. The third-order valence-corrected chi connectivity index (χ3v) is 4.27. The molecule has 100 valence electrons. The average molecular weight is 250 g/mol. The number of allylic oxidation sites excluding steroid dienone is 1. The summed E-state index contributed by atoms with van der Waals surface area (Å²) in [6.45, 7) is 0. The zero-order valence-corrected chi connectivity index (χ0v) is 11.1. The van der Waals surface area contributed by atoms with Crippen molar-refractivity contribution in [3.8, 4) is 0 Å². The lowest BCUT2D eigenvalue weighted by molar-refractivity contribution is -0.139. The Bertz CT molecular complexity index is 351. The van der Waals surface area contributed by atoms with Gasteiger partial charge in [-0.25, -0.2) is 0 Å². The molecule has 0 N–H and O–H groups in total. The van der Waals surface area contributed by atoms with Crippen LogP contribution in [-0.4, -0.2) is 18.9 Å². The van der Waals surface area contributed by atoms with Gasteiger partial charge in [-0.15, -0.1) is 0 Å². The Balaban J connectivity index is 1.97. The Morgan fingerprint density at radius 1 is 1.22 bits per heavy atom. The van der Waals surface area contributed by atoms with Gasteiger partial charge in [0.2, 0.25) is 0 Å². The first-order valence-electron chi connectivity index (χ1n) is 6.98. The minimum atomic E-state index is -0.238. The molecule has 0 unspecified atom stereocenters. The molecule has 0 aromatic carbocycles. The second-order valence-corrected chi connectivity index (χ2v) is 5.59.